The molecule has 1 aromatic rings. The molecule has 0 saturated heterocycles. The molecule has 2 N–H and O–H groups in total. The lowest BCUT2D eigenvalue weighted by molar-refractivity contribution is 0.232. The number of hydrogen-bond acceptors (Lipinski definition) is 5. The van der Waals surface area contributed by atoms with Gasteiger partial charge in [-0.1, -0.05) is 0 Å². The van der Waals surface area contributed by atoms with Gasteiger partial charge in [-0.2, -0.15) is 0 Å². The van der Waals surface area contributed by atoms with E-state index in [4.69, 9.17) is 10.5 Å². The Labute approximate surface area is 96.6 Å². The van der Waals surface area contributed by atoms with Crippen LogP contribution in [0.4, 0.5) is 5.82 Å². The Bertz CT molecular complexity index is 328. The second-order valence-electron chi connectivity index (χ2n) is 4.24. The van der Waals surface area contributed by atoms with Gasteiger partial charge in [-0.3, -0.25) is 0 Å². The lowest BCUT2D eigenvalue weighted by Crippen LogP contribution is -2.33. The number of nitrogens with zero attached hydrogens (tertiary/aromatic N) is 3. The predicted molar refractivity (Wildman–Crippen MR) is 64.7 cm³/mol. The SMILES string of the molecule is CC(N)CN(C)c1cc(OC(C)C)ncn1. The van der Waals surface area contributed by atoms with Crippen molar-refractivity contribution in [3.05, 3.63) is 12.4 Å². The summed E-state index contributed by atoms with van der Waals surface area (Å²) in [5, 5.41) is 0. The Morgan fingerprint density at radius 3 is 2.62 bits per heavy atom. The molecule has 0 aliphatic rings. The van der Waals surface area contributed by atoms with E-state index in [1.165, 1.54) is 6.33 Å². The van der Waals surface area contributed by atoms with E-state index in [0.717, 1.165) is 12.4 Å². The first-order valence-electron chi connectivity index (χ1n) is 5.44. The minimum Gasteiger partial charge on any atom is -0.475 e. The van der Waals surface area contributed by atoms with Crippen molar-refractivity contribution in [3.63, 3.8) is 0 Å². The molecular weight excluding hydrogens is 204 g/mol. The average molecular weight is 224 g/mol. The molecule has 0 fully saturated rings. The van der Waals surface area contributed by atoms with Gasteiger partial charge < -0.3 is 15.4 Å². The molecule has 0 aromatic carbocycles. The molecule has 1 unspecified atom stereocenters. The van der Waals surface area contributed by atoms with Crippen LogP contribution < -0.4 is 15.4 Å². The fourth-order valence-electron chi connectivity index (χ4n) is 1.37. The van der Waals surface area contributed by atoms with Crippen LogP contribution in [0.15, 0.2) is 12.4 Å². The number of rotatable bonds is 5. The summed E-state index contributed by atoms with van der Waals surface area (Å²) in [5.41, 5.74) is 5.73. The predicted octanol–water partition coefficient (Wildman–Crippen LogP) is 1.05. The second kappa shape index (κ2) is 5.65. The van der Waals surface area contributed by atoms with E-state index < -0.39 is 0 Å². The van der Waals surface area contributed by atoms with Gasteiger partial charge in [0.1, 0.15) is 12.1 Å². The Balaban J connectivity index is 2.73. The number of hydrogen-bond donors (Lipinski definition) is 1. The maximum absolute atomic E-state index is 5.73. The van der Waals surface area contributed by atoms with Gasteiger partial charge in [-0.25, -0.2) is 9.97 Å². The number of anilines is 1. The first-order chi connectivity index (χ1) is 7.49. The molecule has 1 aromatic heterocycles. The highest BCUT2D eigenvalue weighted by atomic mass is 16.5. The number of ether oxygens (including phenoxy) is 1. The zero-order valence-corrected chi connectivity index (χ0v) is 10.3. The largest absolute Gasteiger partial charge is 0.475 e. The van der Waals surface area contributed by atoms with Crippen molar-refractivity contribution >= 4 is 5.82 Å². The van der Waals surface area contributed by atoms with Crippen LogP contribution in [0, 0.1) is 0 Å². The van der Waals surface area contributed by atoms with Crippen LogP contribution in [0.2, 0.25) is 0 Å². The van der Waals surface area contributed by atoms with Gasteiger partial charge in [0.05, 0.1) is 6.10 Å². The third-order valence-corrected chi connectivity index (χ3v) is 1.94. The number of nitrogens with two attached hydrogens (primary N) is 1. The van der Waals surface area contributed by atoms with Gasteiger partial charge in [-0.05, 0) is 20.8 Å². The smallest absolute Gasteiger partial charge is 0.218 e. The molecule has 1 rings (SSSR count). The molecule has 0 saturated carbocycles. The van der Waals surface area contributed by atoms with E-state index in [1.807, 2.05) is 38.8 Å². The molecule has 0 radical (unpaired) electrons. The van der Waals surface area contributed by atoms with Crippen molar-refractivity contribution in [2.24, 2.45) is 5.73 Å². The molecular formula is C11H20N4O. The zero-order chi connectivity index (χ0) is 12.1. The molecule has 0 amide bonds. The first-order valence-corrected chi connectivity index (χ1v) is 5.44. The highest BCUT2D eigenvalue weighted by molar-refractivity contribution is 5.39. The Morgan fingerprint density at radius 2 is 2.06 bits per heavy atom. The van der Waals surface area contributed by atoms with Crippen LogP contribution in [-0.4, -0.2) is 35.7 Å². The minimum atomic E-state index is 0.106. The first kappa shape index (κ1) is 12.7. The van der Waals surface area contributed by atoms with Crippen molar-refractivity contribution in [2.75, 3.05) is 18.5 Å². The lowest BCUT2D eigenvalue weighted by Gasteiger charge is -2.20. The molecule has 16 heavy (non-hydrogen) atoms. The number of aromatic nitrogens is 2. The van der Waals surface area contributed by atoms with E-state index in [9.17, 15) is 0 Å². The summed E-state index contributed by atoms with van der Waals surface area (Å²) >= 11 is 0. The third-order valence-electron chi connectivity index (χ3n) is 1.94. The lowest BCUT2D eigenvalue weighted by atomic mass is 10.3. The van der Waals surface area contributed by atoms with Crippen molar-refractivity contribution in [1.82, 2.24) is 9.97 Å². The molecule has 5 heteroatoms. The fraction of sp³-hybridized carbons (Fsp3) is 0.636. The van der Waals surface area contributed by atoms with Gasteiger partial charge in [-0.15, -0.1) is 0 Å². The topological polar surface area (TPSA) is 64.3 Å². The monoisotopic (exact) mass is 224 g/mol. The van der Waals surface area contributed by atoms with Gasteiger partial charge in [0.25, 0.3) is 0 Å². The van der Waals surface area contributed by atoms with E-state index in [1.54, 1.807) is 0 Å². The van der Waals surface area contributed by atoms with Crippen LogP contribution in [0.5, 0.6) is 5.88 Å². The normalized spacial score (nSPS) is 12.6. The molecule has 1 atom stereocenters. The summed E-state index contributed by atoms with van der Waals surface area (Å²) in [4.78, 5) is 10.2. The summed E-state index contributed by atoms with van der Waals surface area (Å²) in [5.74, 6) is 1.42. The Morgan fingerprint density at radius 1 is 1.38 bits per heavy atom. The van der Waals surface area contributed by atoms with Crippen molar-refractivity contribution in [2.45, 2.75) is 32.9 Å². The maximum atomic E-state index is 5.73. The van der Waals surface area contributed by atoms with Gasteiger partial charge in [0, 0.05) is 25.7 Å². The van der Waals surface area contributed by atoms with Crippen LogP contribution in [-0.2, 0) is 0 Å². The van der Waals surface area contributed by atoms with Crippen molar-refractivity contribution in [3.8, 4) is 5.88 Å². The summed E-state index contributed by atoms with van der Waals surface area (Å²) in [6.45, 7) is 6.64. The quantitative estimate of drug-likeness (QED) is 0.809. The molecule has 0 spiro atoms. The highest BCUT2D eigenvalue weighted by Crippen LogP contribution is 2.15. The fourth-order valence-corrected chi connectivity index (χ4v) is 1.37. The zero-order valence-electron chi connectivity index (χ0n) is 10.3. The summed E-state index contributed by atoms with van der Waals surface area (Å²) in [6, 6.07) is 1.93. The van der Waals surface area contributed by atoms with E-state index in [2.05, 4.69) is 9.97 Å². The van der Waals surface area contributed by atoms with Crippen LogP contribution >= 0.6 is 0 Å². The van der Waals surface area contributed by atoms with Gasteiger partial charge in [0.15, 0.2) is 0 Å². The third kappa shape index (κ3) is 4.02. The minimum absolute atomic E-state index is 0.106. The van der Waals surface area contributed by atoms with E-state index in [-0.39, 0.29) is 12.1 Å². The molecule has 90 valence electrons. The number of likely N-dealkylation sites (N-methyl/N-ethyl adjacent to an activating group) is 1. The summed E-state index contributed by atoms with van der Waals surface area (Å²) < 4.78 is 5.50. The molecule has 0 bridgehead atoms. The maximum Gasteiger partial charge on any atom is 0.218 e. The Kier molecular flexibility index (Phi) is 4.49. The van der Waals surface area contributed by atoms with Crippen LogP contribution in [0.1, 0.15) is 20.8 Å². The standard InChI is InChI=1S/C11H20N4O/c1-8(2)16-11-5-10(13-7-14-11)15(4)6-9(3)12/h5,7-9H,6,12H2,1-4H3. The molecule has 0 aliphatic heterocycles. The van der Waals surface area contributed by atoms with Crippen LogP contribution in [0.3, 0.4) is 0 Å². The van der Waals surface area contributed by atoms with Gasteiger partial charge in [0.2, 0.25) is 5.88 Å². The van der Waals surface area contributed by atoms with Crippen LogP contribution in [0.25, 0.3) is 0 Å². The second-order valence-corrected chi connectivity index (χ2v) is 4.24. The van der Waals surface area contributed by atoms with Gasteiger partial charge >= 0.3 is 0 Å². The summed E-state index contributed by atoms with van der Waals surface area (Å²) in [6.07, 6.45) is 1.62. The Hall–Kier alpha value is -1.36. The molecule has 0 aliphatic carbocycles. The van der Waals surface area contributed by atoms with Crippen molar-refractivity contribution < 1.29 is 4.74 Å². The molecule has 5 nitrogen and oxygen atoms in total. The molecule has 1 heterocycles. The highest BCUT2D eigenvalue weighted by Gasteiger charge is 2.07. The summed E-state index contributed by atoms with van der Waals surface area (Å²) in [7, 11) is 1.95. The average Bonchev–Trinajstić information content (AvgIpc) is 2.16. The van der Waals surface area contributed by atoms with Crippen molar-refractivity contribution in [1.29, 1.82) is 0 Å². The van der Waals surface area contributed by atoms with E-state index in [0.29, 0.717) is 5.88 Å². The van der Waals surface area contributed by atoms with E-state index >= 15 is 0 Å².